The molecule has 14 heavy (non-hydrogen) atoms. The summed E-state index contributed by atoms with van der Waals surface area (Å²) < 4.78 is 70.4. The first kappa shape index (κ1) is 13.2. The maximum atomic E-state index is 12.3. The molecule has 0 fully saturated rings. The molecule has 0 radical (unpaired) electrons. The highest BCUT2D eigenvalue weighted by Crippen LogP contribution is 2.46. The Balaban J connectivity index is 5.38. The summed E-state index contributed by atoms with van der Waals surface area (Å²) in [5, 5.41) is 7.53. The van der Waals surface area contributed by atoms with Gasteiger partial charge in [0.2, 0.25) is 0 Å². The van der Waals surface area contributed by atoms with Gasteiger partial charge in [-0.2, -0.15) is 31.6 Å². The van der Waals surface area contributed by atoms with Crippen LogP contribution in [-0.2, 0) is 4.79 Å². The van der Waals surface area contributed by atoms with Gasteiger partial charge in [0.15, 0.2) is 0 Å². The van der Waals surface area contributed by atoms with Crippen LogP contribution < -0.4 is 0 Å². The summed E-state index contributed by atoms with van der Waals surface area (Å²) in [6, 6.07) is -0.294. The number of alkyl halides is 6. The van der Waals surface area contributed by atoms with Crippen molar-refractivity contribution >= 4 is 20.6 Å². The van der Waals surface area contributed by atoms with E-state index in [0.29, 0.717) is 0 Å². The van der Waals surface area contributed by atoms with Crippen molar-refractivity contribution in [3.8, 4) is 6.07 Å². The predicted octanol–water partition coefficient (Wildman–Crippen LogP) is 2.34. The van der Waals surface area contributed by atoms with Gasteiger partial charge in [0.1, 0.15) is 6.07 Å². The third kappa shape index (κ3) is 1.70. The summed E-state index contributed by atoms with van der Waals surface area (Å²) in [5.41, 5.74) is 0. The fourth-order valence-corrected chi connectivity index (χ4v) is 0.640. The van der Waals surface area contributed by atoms with Gasteiger partial charge in [-0.05, 0) is 15.9 Å². The zero-order chi connectivity index (χ0) is 11.8. The Hall–Kier alpha value is -0.780. The standard InChI is InChI=1S/C5BrF6NO/c6-2(14)4(9,10)5(11,12)3(7,8)1-13. The number of hydrogen-bond donors (Lipinski definition) is 0. The summed E-state index contributed by atoms with van der Waals surface area (Å²) in [5.74, 6) is -17.3. The smallest absolute Gasteiger partial charge is 0.280 e. The Bertz CT molecular complexity index is 295. The fraction of sp³-hybridized carbons (Fsp3) is 0.600. The second-order valence-electron chi connectivity index (χ2n) is 2.11. The van der Waals surface area contributed by atoms with Gasteiger partial charge in [-0.25, -0.2) is 0 Å². The number of rotatable bonds is 3. The Morgan fingerprint density at radius 1 is 1.14 bits per heavy atom. The Morgan fingerprint density at radius 2 is 1.50 bits per heavy atom. The molecule has 0 N–H and O–H groups in total. The molecule has 0 heterocycles. The van der Waals surface area contributed by atoms with Crippen molar-refractivity contribution in [3.05, 3.63) is 0 Å². The minimum atomic E-state index is -6.06. The van der Waals surface area contributed by atoms with E-state index in [1.807, 2.05) is 0 Å². The molecule has 0 amide bonds. The molecule has 0 saturated carbocycles. The molecule has 0 aromatic rings. The normalized spacial score (nSPS) is 13.6. The van der Waals surface area contributed by atoms with Gasteiger partial charge in [-0.15, -0.1) is 0 Å². The van der Waals surface area contributed by atoms with E-state index in [0.717, 1.165) is 0 Å². The van der Waals surface area contributed by atoms with E-state index in [1.54, 1.807) is 0 Å². The molecule has 0 aromatic heterocycles. The van der Waals surface area contributed by atoms with Crippen molar-refractivity contribution in [2.24, 2.45) is 0 Å². The molecular formula is C5BrF6NO. The Labute approximate surface area is 81.6 Å². The number of carbonyl (C=O) groups is 1. The largest absolute Gasteiger partial charge is 0.400 e. The van der Waals surface area contributed by atoms with Crippen molar-refractivity contribution in [1.29, 1.82) is 5.26 Å². The van der Waals surface area contributed by atoms with E-state index in [-0.39, 0.29) is 6.07 Å². The zero-order valence-corrected chi connectivity index (χ0v) is 7.59. The summed E-state index contributed by atoms with van der Waals surface area (Å²) in [6.07, 6.45) is 0. The van der Waals surface area contributed by atoms with E-state index in [4.69, 9.17) is 5.26 Å². The minimum Gasteiger partial charge on any atom is -0.280 e. The lowest BCUT2D eigenvalue weighted by Gasteiger charge is -2.26. The van der Waals surface area contributed by atoms with Crippen LogP contribution in [0.3, 0.4) is 0 Å². The predicted molar refractivity (Wildman–Crippen MR) is 34.4 cm³/mol. The average Bonchev–Trinajstić information content (AvgIpc) is 2.03. The van der Waals surface area contributed by atoms with Crippen molar-refractivity contribution in [1.82, 2.24) is 0 Å². The van der Waals surface area contributed by atoms with Crippen LogP contribution in [0.2, 0.25) is 0 Å². The molecule has 80 valence electrons. The SMILES string of the molecule is N#CC(F)(F)C(F)(F)C(F)(F)C(=O)Br. The van der Waals surface area contributed by atoms with Crippen LogP contribution in [0.5, 0.6) is 0 Å². The highest BCUT2D eigenvalue weighted by Gasteiger charge is 2.75. The molecule has 0 bridgehead atoms. The second-order valence-corrected chi connectivity index (χ2v) is 2.83. The summed E-state index contributed by atoms with van der Waals surface area (Å²) >= 11 is 1.44. The number of nitrogens with zero attached hydrogens (tertiary/aromatic N) is 1. The molecule has 2 nitrogen and oxygen atoms in total. The van der Waals surface area contributed by atoms with Crippen LogP contribution in [0.15, 0.2) is 0 Å². The highest BCUT2D eigenvalue weighted by atomic mass is 79.9. The lowest BCUT2D eigenvalue weighted by Crippen LogP contribution is -2.56. The van der Waals surface area contributed by atoms with Crippen molar-refractivity contribution in [2.75, 3.05) is 0 Å². The van der Waals surface area contributed by atoms with Crippen LogP contribution >= 0.6 is 15.9 Å². The van der Waals surface area contributed by atoms with Gasteiger partial charge in [0, 0.05) is 0 Å². The van der Waals surface area contributed by atoms with Crippen LogP contribution in [0.4, 0.5) is 26.3 Å². The lowest BCUT2D eigenvalue weighted by molar-refractivity contribution is -0.273. The molecule has 0 aliphatic heterocycles. The average molecular weight is 284 g/mol. The van der Waals surface area contributed by atoms with E-state index in [1.165, 1.54) is 15.9 Å². The first-order valence-electron chi connectivity index (χ1n) is 2.75. The van der Waals surface area contributed by atoms with Crippen LogP contribution in [0, 0.1) is 11.3 Å². The van der Waals surface area contributed by atoms with Crippen molar-refractivity contribution < 1.29 is 31.1 Å². The minimum absolute atomic E-state index is 0.294. The first-order chi connectivity index (χ1) is 6.00. The van der Waals surface area contributed by atoms with Crippen LogP contribution in [0.25, 0.3) is 0 Å². The van der Waals surface area contributed by atoms with E-state index >= 15 is 0 Å². The molecule has 0 aromatic carbocycles. The molecule has 0 aliphatic rings. The van der Waals surface area contributed by atoms with Gasteiger partial charge in [0.05, 0.1) is 0 Å². The molecule has 0 spiro atoms. The fourth-order valence-electron chi connectivity index (χ4n) is 0.391. The van der Waals surface area contributed by atoms with Crippen LogP contribution in [-0.4, -0.2) is 22.5 Å². The number of nitriles is 1. The molecular weight excluding hydrogens is 284 g/mol. The summed E-state index contributed by atoms with van der Waals surface area (Å²) in [6.45, 7) is 0. The number of hydrogen-bond acceptors (Lipinski definition) is 2. The molecule has 0 rings (SSSR count). The van der Waals surface area contributed by atoms with E-state index in [9.17, 15) is 31.1 Å². The second kappa shape index (κ2) is 3.42. The number of carbonyl (C=O) groups excluding carboxylic acids is 1. The van der Waals surface area contributed by atoms with E-state index in [2.05, 4.69) is 0 Å². The summed E-state index contributed by atoms with van der Waals surface area (Å²) in [7, 11) is 0. The third-order valence-corrected chi connectivity index (χ3v) is 1.67. The van der Waals surface area contributed by atoms with Gasteiger partial charge in [-0.3, -0.25) is 4.79 Å². The van der Waals surface area contributed by atoms with E-state index < -0.39 is 22.5 Å². The third-order valence-electron chi connectivity index (χ3n) is 1.18. The van der Waals surface area contributed by atoms with Gasteiger partial charge < -0.3 is 0 Å². The molecule has 9 heteroatoms. The first-order valence-corrected chi connectivity index (χ1v) is 3.54. The maximum absolute atomic E-state index is 12.3. The molecule has 0 unspecified atom stereocenters. The monoisotopic (exact) mass is 283 g/mol. The Morgan fingerprint density at radius 3 is 1.71 bits per heavy atom. The molecule has 0 aliphatic carbocycles. The van der Waals surface area contributed by atoms with Gasteiger partial charge in [0.25, 0.3) is 4.69 Å². The number of halogens is 7. The van der Waals surface area contributed by atoms with Gasteiger partial charge in [-0.1, -0.05) is 0 Å². The highest BCUT2D eigenvalue weighted by molar-refractivity contribution is 9.18. The van der Waals surface area contributed by atoms with Gasteiger partial charge >= 0.3 is 17.8 Å². The van der Waals surface area contributed by atoms with Crippen molar-refractivity contribution in [2.45, 2.75) is 17.8 Å². The van der Waals surface area contributed by atoms with Crippen LogP contribution in [0.1, 0.15) is 0 Å². The summed E-state index contributed by atoms with van der Waals surface area (Å²) in [4.78, 5) is 9.92. The topological polar surface area (TPSA) is 40.9 Å². The molecule has 0 saturated heterocycles. The quantitative estimate of drug-likeness (QED) is 0.589. The zero-order valence-electron chi connectivity index (χ0n) is 6.00. The Kier molecular flexibility index (Phi) is 3.23. The molecule has 0 atom stereocenters. The van der Waals surface area contributed by atoms with Crippen molar-refractivity contribution in [3.63, 3.8) is 0 Å². The lowest BCUT2D eigenvalue weighted by atomic mass is 10.1. The maximum Gasteiger partial charge on any atom is 0.400 e.